The molecule has 0 aliphatic rings. The molecule has 0 spiro atoms. The number of amides is 3. The van der Waals surface area contributed by atoms with Gasteiger partial charge in [-0.15, -0.1) is 0 Å². The first-order chi connectivity index (χ1) is 13.9. The number of carbonyl (C=O) groups is 3. The maximum atomic E-state index is 13.5. The maximum Gasteiger partial charge on any atom is 0.279 e. The zero-order valence-corrected chi connectivity index (χ0v) is 16.5. The van der Waals surface area contributed by atoms with E-state index < -0.39 is 23.7 Å². The third-order valence-electron chi connectivity index (χ3n) is 3.81. The molecule has 2 aromatic rings. The number of hydrogen-bond acceptors (Lipinski definition) is 4. The summed E-state index contributed by atoms with van der Waals surface area (Å²) in [5.74, 6) is -1.97. The summed E-state index contributed by atoms with van der Waals surface area (Å²) in [7, 11) is 0. The van der Waals surface area contributed by atoms with Crippen molar-refractivity contribution in [1.29, 1.82) is 0 Å². The predicted molar refractivity (Wildman–Crippen MR) is 106 cm³/mol. The fourth-order valence-corrected chi connectivity index (χ4v) is 2.36. The second kappa shape index (κ2) is 11.0. The molecule has 9 heteroatoms. The first-order valence-electron chi connectivity index (χ1n) is 8.90. The Labute approximate surface area is 172 Å². The van der Waals surface area contributed by atoms with Gasteiger partial charge in [-0.05, 0) is 49.7 Å². The van der Waals surface area contributed by atoms with Crippen LogP contribution in [0.1, 0.15) is 30.1 Å². The van der Waals surface area contributed by atoms with Crippen LogP contribution in [-0.2, 0) is 9.59 Å². The molecule has 29 heavy (non-hydrogen) atoms. The van der Waals surface area contributed by atoms with Crippen molar-refractivity contribution < 1.29 is 23.5 Å². The third-order valence-corrected chi connectivity index (χ3v) is 4.06. The lowest BCUT2D eigenvalue weighted by atomic mass is 10.2. The van der Waals surface area contributed by atoms with Gasteiger partial charge in [-0.2, -0.15) is 0 Å². The first kappa shape index (κ1) is 22.2. The molecule has 2 rings (SSSR count). The fraction of sp³-hybridized carbons (Fsp3) is 0.250. The molecule has 0 saturated carbocycles. The molecule has 3 amide bonds. The molecular weight excluding hydrogens is 401 g/mol. The number of benzene rings is 2. The van der Waals surface area contributed by atoms with Crippen molar-refractivity contribution in [2.45, 2.75) is 25.9 Å². The fourth-order valence-electron chi connectivity index (χ4n) is 2.23. The Kier molecular flexibility index (Phi) is 8.42. The van der Waals surface area contributed by atoms with Gasteiger partial charge < -0.3 is 10.1 Å². The zero-order valence-electron chi connectivity index (χ0n) is 15.7. The summed E-state index contributed by atoms with van der Waals surface area (Å²) in [4.78, 5) is 35.6. The molecule has 0 aromatic heterocycles. The summed E-state index contributed by atoms with van der Waals surface area (Å²) < 4.78 is 18.7. The molecule has 0 aliphatic heterocycles. The third kappa shape index (κ3) is 7.42. The minimum absolute atomic E-state index is 0.0575. The van der Waals surface area contributed by atoms with Gasteiger partial charge in [-0.3, -0.25) is 25.2 Å². The molecule has 3 N–H and O–H groups in total. The van der Waals surface area contributed by atoms with Crippen molar-refractivity contribution in [3.8, 4) is 5.75 Å². The molecule has 0 bridgehead atoms. The molecule has 2 aromatic carbocycles. The maximum absolute atomic E-state index is 13.5. The van der Waals surface area contributed by atoms with E-state index in [1.54, 1.807) is 30.3 Å². The summed E-state index contributed by atoms with van der Waals surface area (Å²) in [6.07, 6.45) is -0.544. The van der Waals surface area contributed by atoms with Crippen molar-refractivity contribution in [1.82, 2.24) is 16.2 Å². The van der Waals surface area contributed by atoms with Crippen LogP contribution in [0, 0.1) is 5.82 Å². The van der Waals surface area contributed by atoms with Gasteiger partial charge in [0.1, 0.15) is 0 Å². The van der Waals surface area contributed by atoms with Crippen LogP contribution in [0.3, 0.4) is 0 Å². The average molecular weight is 422 g/mol. The molecular formula is C20H21ClFN3O4. The number of ether oxygens (including phenoxy) is 1. The lowest BCUT2D eigenvalue weighted by Gasteiger charge is -2.15. The highest BCUT2D eigenvalue weighted by atomic mass is 35.5. The van der Waals surface area contributed by atoms with Gasteiger partial charge in [-0.25, -0.2) is 4.39 Å². The molecule has 154 valence electrons. The molecule has 0 aliphatic carbocycles. The van der Waals surface area contributed by atoms with Crippen LogP contribution in [0.15, 0.2) is 48.5 Å². The van der Waals surface area contributed by atoms with Crippen molar-refractivity contribution in [3.05, 3.63) is 64.9 Å². The Hall–Kier alpha value is -3.13. The Bertz CT molecular complexity index is 861. The Morgan fingerprint density at radius 2 is 1.76 bits per heavy atom. The van der Waals surface area contributed by atoms with E-state index in [1.807, 2.05) is 0 Å². The summed E-state index contributed by atoms with van der Waals surface area (Å²) in [5, 5.41) is 3.22. The summed E-state index contributed by atoms with van der Waals surface area (Å²) in [6, 6.07) is 12.1. The van der Waals surface area contributed by atoms with Crippen LogP contribution in [0.4, 0.5) is 4.39 Å². The SMILES string of the molecule is C[C@H](Oc1ccccc1F)C(=O)NNC(=O)CCCNC(=O)c1ccc(Cl)cc1. The van der Waals surface area contributed by atoms with E-state index >= 15 is 0 Å². The van der Waals surface area contributed by atoms with Crippen molar-refractivity contribution in [2.24, 2.45) is 0 Å². The lowest BCUT2D eigenvalue weighted by Crippen LogP contribution is -2.47. The van der Waals surface area contributed by atoms with E-state index in [9.17, 15) is 18.8 Å². The highest BCUT2D eigenvalue weighted by molar-refractivity contribution is 6.30. The topological polar surface area (TPSA) is 96.5 Å². The van der Waals surface area contributed by atoms with E-state index in [0.29, 0.717) is 17.0 Å². The quantitative estimate of drug-likeness (QED) is 0.451. The van der Waals surface area contributed by atoms with Gasteiger partial charge in [0.2, 0.25) is 5.91 Å². The number of rotatable bonds is 8. The first-order valence-corrected chi connectivity index (χ1v) is 9.28. The van der Waals surface area contributed by atoms with Gasteiger partial charge in [0, 0.05) is 23.6 Å². The molecule has 0 heterocycles. The smallest absolute Gasteiger partial charge is 0.279 e. The van der Waals surface area contributed by atoms with E-state index in [2.05, 4.69) is 16.2 Å². The molecule has 0 unspecified atom stereocenters. The molecule has 1 atom stereocenters. The van der Waals surface area contributed by atoms with Gasteiger partial charge in [0.05, 0.1) is 0 Å². The van der Waals surface area contributed by atoms with Gasteiger partial charge in [0.15, 0.2) is 17.7 Å². The predicted octanol–water partition coefficient (Wildman–Crippen LogP) is 2.60. The molecule has 0 saturated heterocycles. The summed E-state index contributed by atoms with van der Waals surface area (Å²) >= 11 is 5.77. The van der Waals surface area contributed by atoms with Crippen LogP contribution in [0.5, 0.6) is 5.75 Å². The van der Waals surface area contributed by atoms with Crippen molar-refractivity contribution in [2.75, 3.05) is 6.54 Å². The molecule has 7 nitrogen and oxygen atoms in total. The molecule has 0 fully saturated rings. The Balaban J connectivity index is 1.63. The zero-order chi connectivity index (χ0) is 21.2. The minimum atomic E-state index is -1.01. The summed E-state index contributed by atoms with van der Waals surface area (Å²) in [5.41, 5.74) is 4.93. The van der Waals surface area contributed by atoms with E-state index in [1.165, 1.54) is 25.1 Å². The number of carbonyl (C=O) groups excluding carboxylic acids is 3. The van der Waals surface area contributed by atoms with Crippen LogP contribution >= 0.6 is 11.6 Å². The number of para-hydroxylation sites is 1. The molecule has 0 radical (unpaired) electrons. The van der Waals surface area contributed by atoms with Crippen LogP contribution in [0.2, 0.25) is 5.02 Å². The largest absolute Gasteiger partial charge is 0.478 e. The highest BCUT2D eigenvalue weighted by Gasteiger charge is 2.17. The summed E-state index contributed by atoms with van der Waals surface area (Å²) in [6.45, 7) is 1.72. The number of hydrogen-bond donors (Lipinski definition) is 3. The van der Waals surface area contributed by atoms with E-state index in [-0.39, 0.29) is 24.6 Å². The number of halogens is 2. The van der Waals surface area contributed by atoms with Gasteiger partial charge in [-0.1, -0.05) is 23.7 Å². The van der Waals surface area contributed by atoms with E-state index in [4.69, 9.17) is 16.3 Å². The normalized spacial score (nSPS) is 11.3. The van der Waals surface area contributed by atoms with Crippen LogP contribution < -0.4 is 20.9 Å². The van der Waals surface area contributed by atoms with Crippen molar-refractivity contribution in [3.63, 3.8) is 0 Å². The highest BCUT2D eigenvalue weighted by Crippen LogP contribution is 2.16. The van der Waals surface area contributed by atoms with E-state index in [0.717, 1.165) is 0 Å². The van der Waals surface area contributed by atoms with Gasteiger partial charge >= 0.3 is 0 Å². The van der Waals surface area contributed by atoms with Gasteiger partial charge in [0.25, 0.3) is 11.8 Å². The standard InChI is InChI=1S/C20H21ClFN3O4/c1-13(29-17-6-3-2-5-16(17)22)19(27)25-24-18(26)7-4-12-23-20(28)14-8-10-15(21)11-9-14/h2-3,5-6,8-11,13H,4,7,12H2,1H3,(H,23,28)(H,24,26)(H,25,27)/t13-/m0/s1. The van der Waals surface area contributed by atoms with Crippen LogP contribution in [-0.4, -0.2) is 30.4 Å². The minimum Gasteiger partial charge on any atom is -0.478 e. The van der Waals surface area contributed by atoms with Crippen LogP contribution in [0.25, 0.3) is 0 Å². The van der Waals surface area contributed by atoms with Crippen molar-refractivity contribution >= 4 is 29.3 Å². The average Bonchev–Trinajstić information content (AvgIpc) is 2.71. The number of nitrogens with one attached hydrogen (secondary N) is 3. The second-order valence-corrected chi connectivity index (χ2v) is 6.53. The Morgan fingerprint density at radius 3 is 2.45 bits per heavy atom. The monoisotopic (exact) mass is 421 g/mol. The Morgan fingerprint density at radius 1 is 1.07 bits per heavy atom. The second-order valence-electron chi connectivity index (χ2n) is 6.09. The number of hydrazine groups is 1. The lowest BCUT2D eigenvalue weighted by molar-refractivity contribution is -0.132.